The van der Waals surface area contributed by atoms with Crippen molar-refractivity contribution in [1.82, 2.24) is 5.32 Å². The molecule has 2 aromatic rings. The predicted molar refractivity (Wildman–Crippen MR) is 79.2 cm³/mol. The molecule has 0 aliphatic rings. The van der Waals surface area contributed by atoms with Gasteiger partial charge in [-0.05, 0) is 58.9 Å². The number of hydrogen-bond donors (Lipinski definition) is 1. The highest BCUT2D eigenvalue weighted by molar-refractivity contribution is 9.11. The molecule has 1 atom stereocenters. The highest BCUT2D eigenvalue weighted by Gasteiger charge is 2.16. The third-order valence-electron chi connectivity index (χ3n) is 2.39. The van der Waals surface area contributed by atoms with Gasteiger partial charge in [-0.3, -0.25) is 0 Å². The highest BCUT2D eigenvalue weighted by Crippen LogP contribution is 2.29. The van der Waals surface area contributed by atoms with E-state index in [0.29, 0.717) is 0 Å². The molecule has 1 aromatic carbocycles. The molecule has 0 saturated carbocycles. The molecule has 1 heterocycles. The van der Waals surface area contributed by atoms with Gasteiger partial charge in [-0.2, -0.15) is 0 Å². The van der Waals surface area contributed by atoms with Gasteiger partial charge in [0.15, 0.2) is 4.67 Å². The van der Waals surface area contributed by atoms with Gasteiger partial charge in [-0.1, -0.05) is 31.9 Å². The van der Waals surface area contributed by atoms with E-state index in [-0.39, 0.29) is 6.04 Å². The lowest BCUT2D eigenvalue weighted by Crippen LogP contribution is -2.17. The van der Waals surface area contributed by atoms with Gasteiger partial charge in [0.25, 0.3) is 0 Å². The Morgan fingerprint density at radius 1 is 1.06 bits per heavy atom. The summed E-state index contributed by atoms with van der Waals surface area (Å²) < 4.78 is 8.40. The number of hydrogen-bond acceptors (Lipinski definition) is 2. The van der Waals surface area contributed by atoms with Crippen LogP contribution in [0.2, 0.25) is 0 Å². The maximum absolute atomic E-state index is 5.59. The summed E-state index contributed by atoms with van der Waals surface area (Å²) in [6, 6.07) is 10.0. The molecule has 1 aromatic heterocycles. The first kappa shape index (κ1) is 13.3. The number of benzene rings is 1. The quantitative estimate of drug-likeness (QED) is 0.761. The first-order chi connectivity index (χ1) is 8.10. The standard InChI is InChI=1S/C12H10Br3NO/c1-16-12(10-2-3-11(15)17-10)7-4-8(13)6-9(14)5-7/h2-6,12,16H,1H3. The van der Waals surface area contributed by atoms with E-state index in [1.165, 1.54) is 0 Å². The maximum Gasteiger partial charge on any atom is 0.169 e. The SMILES string of the molecule is CNC(c1cc(Br)cc(Br)c1)c1ccc(Br)o1. The minimum absolute atomic E-state index is 0.0371. The summed E-state index contributed by atoms with van der Waals surface area (Å²) in [5.74, 6) is 0.879. The Hall–Kier alpha value is -0.100. The summed E-state index contributed by atoms with van der Waals surface area (Å²) in [5, 5.41) is 3.25. The second-order valence-corrected chi connectivity index (χ2v) is 6.18. The minimum Gasteiger partial charge on any atom is -0.452 e. The van der Waals surface area contributed by atoms with Gasteiger partial charge in [0, 0.05) is 8.95 Å². The zero-order valence-electron chi connectivity index (χ0n) is 9.01. The monoisotopic (exact) mass is 421 g/mol. The van der Waals surface area contributed by atoms with Crippen LogP contribution >= 0.6 is 47.8 Å². The Morgan fingerprint density at radius 3 is 2.18 bits per heavy atom. The van der Waals surface area contributed by atoms with Crippen LogP contribution in [0.3, 0.4) is 0 Å². The smallest absolute Gasteiger partial charge is 0.169 e. The summed E-state index contributed by atoms with van der Waals surface area (Å²) in [6.07, 6.45) is 0. The third kappa shape index (κ3) is 3.22. The van der Waals surface area contributed by atoms with Crippen molar-refractivity contribution in [3.05, 3.63) is 55.3 Å². The van der Waals surface area contributed by atoms with Gasteiger partial charge in [-0.25, -0.2) is 0 Å². The van der Waals surface area contributed by atoms with Crippen molar-refractivity contribution < 1.29 is 4.42 Å². The Labute approximate surface area is 125 Å². The number of nitrogens with one attached hydrogen (secondary N) is 1. The predicted octanol–water partition coefficient (Wildman–Crippen LogP) is 4.88. The second kappa shape index (κ2) is 5.69. The highest BCUT2D eigenvalue weighted by atomic mass is 79.9. The molecule has 2 nitrogen and oxygen atoms in total. The fourth-order valence-electron chi connectivity index (χ4n) is 1.70. The summed E-state index contributed by atoms with van der Waals surface area (Å²) >= 11 is 10.3. The largest absolute Gasteiger partial charge is 0.452 e. The van der Waals surface area contributed by atoms with Crippen LogP contribution in [0.1, 0.15) is 17.4 Å². The second-order valence-electron chi connectivity index (χ2n) is 3.57. The Bertz CT molecular complexity index is 504. The summed E-state index contributed by atoms with van der Waals surface area (Å²) in [6.45, 7) is 0. The van der Waals surface area contributed by atoms with Gasteiger partial charge in [0.05, 0.1) is 6.04 Å². The molecule has 0 radical (unpaired) electrons. The van der Waals surface area contributed by atoms with E-state index in [4.69, 9.17) is 4.42 Å². The van der Waals surface area contributed by atoms with Crippen LogP contribution in [0.4, 0.5) is 0 Å². The van der Waals surface area contributed by atoms with E-state index >= 15 is 0 Å². The molecule has 0 bridgehead atoms. The average Bonchev–Trinajstić information content (AvgIpc) is 2.64. The van der Waals surface area contributed by atoms with Gasteiger partial charge < -0.3 is 9.73 Å². The average molecular weight is 424 g/mol. The number of rotatable bonds is 3. The molecule has 0 spiro atoms. The Balaban J connectivity index is 2.41. The van der Waals surface area contributed by atoms with E-state index in [1.54, 1.807) is 0 Å². The van der Waals surface area contributed by atoms with Gasteiger partial charge >= 0.3 is 0 Å². The lowest BCUT2D eigenvalue weighted by Gasteiger charge is -2.15. The summed E-state index contributed by atoms with van der Waals surface area (Å²) in [4.78, 5) is 0. The van der Waals surface area contributed by atoms with Crippen LogP contribution in [0, 0.1) is 0 Å². The van der Waals surface area contributed by atoms with Crippen molar-refractivity contribution in [2.45, 2.75) is 6.04 Å². The molecule has 0 saturated heterocycles. The van der Waals surface area contributed by atoms with Crippen LogP contribution < -0.4 is 5.32 Å². The molecule has 0 aliphatic heterocycles. The van der Waals surface area contributed by atoms with Crippen molar-refractivity contribution in [3.63, 3.8) is 0 Å². The lowest BCUT2D eigenvalue weighted by atomic mass is 10.1. The van der Waals surface area contributed by atoms with E-state index in [9.17, 15) is 0 Å². The zero-order valence-corrected chi connectivity index (χ0v) is 13.8. The molecule has 5 heteroatoms. The molecule has 0 aliphatic carbocycles. The van der Waals surface area contributed by atoms with E-state index in [2.05, 4.69) is 65.2 Å². The molecule has 17 heavy (non-hydrogen) atoms. The van der Waals surface area contributed by atoms with Crippen LogP contribution in [-0.2, 0) is 0 Å². The normalized spacial score (nSPS) is 12.7. The van der Waals surface area contributed by atoms with Crippen molar-refractivity contribution in [1.29, 1.82) is 0 Å². The molecule has 0 fully saturated rings. The Kier molecular flexibility index (Phi) is 4.47. The van der Waals surface area contributed by atoms with Gasteiger partial charge in [0.1, 0.15) is 5.76 Å². The van der Waals surface area contributed by atoms with Crippen LogP contribution in [0.25, 0.3) is 0 Å². The number of halogens is 3. The molecule has 0 amide bonds. The molecular weight excluding hydrogens is 414 g/mol. The Morgan fingerprint density at radius 2 is 1.71 bits per heavy atom. The van der Waals surface area contributed by atoms with Crippen molar-refractivity contribution >= 4 is 47.8 Å². The minimum atomic E-state index is 0.0371. The van der Waals surface area contributed by atoms with Crippen LogP contribution in [0.15, 0.2) is 48.4 Å². The number of furan rings is 1. The molecule has 2 rings (SSSR count). The fourth-order valence-corrected chi connectivity index (χ4v) is 3.35. The van der Waals surface area contributed by atoms with Crippen LogP contribution in [-0.4, -0.2) is 7.05 Å². The van der Waals surface area contributed by atoms with E-state index in [0.717, 1.165) is 24.9 Å². The van der Waals surface area contributed by atoms with Crippen LogP contribution in [0.5, 0.6) is 0 Å². The maximum atomic E-state index is 5.59. The lowest BCUT2D eigenvalue weighted by molar-refractivity contribution is 0.447. The van der Waals surface area contributed by atoms with Crippen molar-refractivity contribution in [2.75, 3.05) is 7.05 Å². The first-order valence-corrected chi connectivity index (χ1v) is 7.36. The summed E-state index contributed by atoms with van der Waals surface area (Å²) in [7, 11) is 1.91. The topological polar surface area (TPSA) is 25.2 Å². The van der Waals surface area contributed by atoms with Crippen molar-refractivity contribution in [2.24, 2.45) is 0 Å². The molecule has 1 unspecified atom stereocenters. The van der Waals surface area contributed by atoms with Gasteiger partial charge in [-0.15, -0.1) is 0 Å². The summed E-state index contributed by atoms with van der Waals surface area (Å²) in [5.41, 5.74) is 1.13. The first-order valence-electron chi connectivity index (χ1n) is 4.98. The fraction of sp³-hybridized carbons (Fsp3) is 0.167. The molecular formula is C12H10Br3NO. The third-order valence-corrected chi connectivity index (χ3v) is 3.73. The van der Waals surface area contributed by atoms with Crippen molar-refractivity contribution in [3.8, 4) is 0 Å². The molecule has 1 N–H and O–H groups in total. The van der Waals surface area contributed by atoms with Gasteiger partial charge in [0.2, 0.25) is 0 Å². The van der Waals surface area contributed by atoms with E-state index in [1.807, 2.05) is 25.2 Å². The molecule has 90 valence electrons. The van der Waals surface area contributed by atoms with E-state index < -0.39 is 0 Å². The zero-order chi connectivity index (χ0) is 12.4.